The molecular weight excluding hydrogens is 408 g/mol. The van der Waals surface area contributed by atoms with Crippen LogP contribution in [0, 0.1) is 6.92 Å². The lowest BCUT2D eigenvalue weighted by Crippen LogP contribution is -2.34. The summed E-state index contributed by atoms with van der Waals surface area (Å²) in [6.07, 6.45) is 6.86. The number of aromatic nitrogens is 4. The maximum atomic E-state index is 5.03. The first kappa shape index (κ1) is 22.1. The molecule has 3 aromatic rings. The minimum Gasteiger partial charge on any atom is -0.356 e. The largest absolute Gasteiger partial charge is 0.356 e. The van der Waals surface area contributed by atoms with Gasteiger partial charge in [-0.05, 0) is 38.3 Å². The van der Waals surface area contributed by atoms with Gasteiger partial charge in [-0.1, -0.05) is 39.0 Å². The van der Waals surface area contributed by atoms with E-state index in [9.17, 15) is 0 Å². The second kappa shape index (κ2) is 8.90. The molecule has 2 aliphatic heterocycles. The van der Waals surface area contributed by atoms with Crippen LogP contribution in [0.4, 0.5) is 5.82 Å². The van der Waals surface area contributed by atoms with Gasteiger partial charge in [-0.25, -0.2) is 14.6 Å². The van der Waals surface area contributed by atoms with Crippen molar-refractivity contribution < 1.29 is 0 Å². The first-order valence-electron chi connectivity index (χ1n) is 12.4. The molecule has 6 nitrogen and oxygen atoms in total. The van der Waals surface area contributed by atoms with E-state index in [4.69, 9.17) is 15.1 Å². The molecule has 1 fully saturated rings. The van der Waals surface area contributed by atoms with Crippen LogP contribution >= 0.6 is 0 Å². The van der Waals surface area contributed by atoms with Crippen LogP contribution in [0.15, 0.2) is 36.5 Å². The normalized spacial score (nSPS) is 17.3. The SMILES string of the molecule is Cc1nn(-c2ccccc2)c(N2CCCCC2)c1CN1CCc2nc(C(C)(C)C)ncc2C1. The summed E-state index contributed by atoms with van der Waals surface area (Å²) in [5.74, 6) is 2.23. The number of hydrogen-bond acceptors (Lipinski definition) is 5. The lowest BCUT2D eigenvalue weighted by Gasteiger charge is -2.32. The predicted molar refractivity (Wildman–Crippen MR) is 133 cm³/mol. The highest BCUT2D eigenvalue weighted by molar-refractivity contribution is 5.55. The predicted octanol–water partition coefficient (Wildman–Crippen LogP) is 4.82. The van der Waals surface area contributed by atoms with Crippen LogP contribution < -0.4 is 4.90 Å². The van der Waals surface area contributed by atoms with E-state index in [0.717, 1.165) is 56.4 Å². The third kappa shape index (κ3) is 4.54. The number of aryl methyl sites for hydroxylation is 1. The van der Waals surface area contributed by atoms with E-state index in [1.165, 1.54) is 41.9 Å². The van der Waals surface area contributed by atoms with Crippen molar-refractivity contribution >= 4 is 5.82 Å². The van der Waals surface area contributed by atoms with Crippen LogP contribution in [0.25, 0.3) is 5.69 Å². The van der Waals surface area contributed by atoms with Crippen LogP contribution in [0.3, 0.4) is 0 Å². The molecule has 0 N–H and O–H groups in total. The van der Waals surface area contributed by atoms with E-state index in [1.54, 1.807) is 0 Å². The lowest BCUT2D eigenvalue weighted by molar-refractivity contribution is 0.241. The Balaban J connectivity index is 1.44. The fourth-order valence-electron chi connectivity index (χ4n) is 5.01. The number of fused-ring (bicyclic) bond motifs is 1. The summed E-state index contributed by atoms with van der Waals surface area (Å²) in [5, 5.41) is 5.03. The molecule has 4 heterocycles. The summed E-state index contributed by atoms with van der Waals surface area (Å²) in [6.45, 7) is 13.7. The van der Waals surface area contributed by atoms with Gasteiger partial charge in [0, 0.05) is 67.6 Å². The smallest absolute Gasteiger partial charge is 0.137 e. The van der Waals surface area contributed by atoms with E-state index in [1.807, 2.05) is 0 Å². The summed E-state index contributed by atoms with van der Waals surface area (Å²) >= 11 is 0. The molecule has 5 rings (SSSR count). The second-order valence-electron chi connectivity index (χ2n) is 10.6. The van der Waals surface area contributed by atoms with Crippen LogP contribution in [0.1, 0.15) is 68.4 Å². The molecule has 6 heteroatoms. The molecule has 2 aromatic heterocycles. The van der Waals surface area contributed by atoms with Gasteiger partial charge in [0.05, 0.1) is 11.4 Å². The minimum atomic E-state index is -0.0152. The number of piperidine rings is 1. The zero-order valence-corrected chi connectivity index (χ0v) is 20.5. The van der Waals surface area contributed by atoms with Gasteiger partial charge in [0.2, 0.25) is 0 Å². The number of para-hydroxylation sites is 1. The molecule has 0 bridgehead atoms. The summed E-state index contributed by atoms with van der Waals surface area (Å²) in [5.41, 5.74) is 6.10. The minimum absolute atomic E-state index is 0.0152. The van der Waals surface area contributed by atoms with Crippen LogP contribution in [-0.2, 0) is 24.9 Å². The topological polar surface area (TPSA) is 50.1 Å². The Morgan fingerprint density at radius 3 is 2.45 bits per heavy atom. The number of nitrogens with zero attached hydrogens (tertiary/aromatic N) is 6. The van der Waals surface area contributed by atoms with Gasteiger partial charge in [0.25, 0.3) is 0 Å². The van der Waals surface area contributed by atoms with Crippen molar-refractivity contribution in [2.24, 2.45) is 0 Å². The molecule has 174 valence electrons. The average molecular weight is 445 g/mol. The molecule has 0 saturated carbocycles. The van der Waals surface area contributed by atoms with Crippen molar-refractivity contribution in [2.45, 2.75) is 71.9 Å². The molecule has 1 aromatic carbocycles. The van der Waals surface area contributed by atoms with Crippen molar-refractivity contribution in [3.63, 3.8) is 0 Å². The van der Waals surface area contributed by atoms with Gasteiger partial charge in [0.15, 0.2) is 0 Å². The van der Waals surface area contributed by atoms with Gasteiger partial charge in [-0.15, -0.1) is 0 Å². The maximum absolute atomic E-state index is 5.03. The van der Waals surface area contributed by atoms with Gasteiger partial charge in [-0.3, -0.25) is 4.90 Å². The highest BCUT2D eigenvalue weighted by atomic mass is 15.4. The number of benzene rings is 1. The number of hydrogen-bond donors (Lipinski definition) is 0. The van der Waals surface area contributed by atoms with Crippen molar-refractivity contribution in [3.8, 4) is 5.69 Å². The van der Waals surface area contributed by atoms with Gasteiger partial charge < -0.3 is 4.90 Å². The van der Waals surface area contributed by atoms with Gasteiger partial charge >= 0.3 is 0 Å². The monoisotopic (exact) mass is 444 g/mol. The van der Waals surface area contributed by atoms with Crippen LogP contribution in [0.2, 0.25) is 0 Å². The molecule has 33 heavy (non-hydrogen) atoms. The van der Waals surface area contributed by atoms with Crippen LogP contribution in [-0.4, -0.2) is 44.3 Å². The molecule has 0 amide bonds. The molecule has 0 aliphatic carbocycles. The van der Waals surface area contributed by atoms with E-state index in [0.29, 0.717) is 0 Å². The molecular formula is C27H36N6. The maximum Gasteiger partial charge on any atom is 0.137 e. The van der Waals surface area contributed by atoms with E-state index < -0.39 is 0 Å². The summed E-state index contributed by atoms with van der Waals surface area (Å²) in [4.78, 5) is 14.7. The van der Waals surface area contributed by atoms with E-state index >= 15 is 0 Å². The van der Waals surface area contributed by atoms with Crippen molar-refractivity contribution in [1.29, 1.82) is 0 Å². The molecule has 0 unspecified atom stereocenters. The third-order valence-corrected chi connectivity index (χ3v) is 6.88. The van der Waals surface area contributed by atoms with Crippen LogP contribution in [0.5, 0.6) is 0 Å². The lowest BCUT2D eigenvalue weighted by atomic mass is 9.95. The number of anilines is 1. The quantitative estimate of drug-likeness (QED) is 0.578. The Bertz CT molecular complexity index is 1110. The fraction of sp³-hybridized carbons (Fsp3) is 0.519. The standard InChI is InChI=1S/C27H36N6/c1-20-23(19-31-16-13-24-21(18-31)17-28-26(29-24)27(2,3)4)25(32-14-9-6-10-15-32)33(30-20)22-11-7-5-8-12-22/h5,7-8,11-12,17H,6,9-10,13-16,18-19H2,1-4H3. The summed E-state index contributed by atoms with van der Waals surface area (Å²) < 4.78 is 2.17. The van der Waals surface area contributed by atoms with Gasteiger partial charge in [0.1, 0.15) is 11.6 Å². The Morgan fingerprint density at radius 2 is 1.73 bits per heavy atom. The summed E-state index contributed by atoms with van der Waals surface area (Å²) in [7, 11) is 0. The first-order valence-corrected chi connectivity index (χ1v) is 12.4. The highest BCUT2D eigenvalue weighted by Crippen LogP contribution is 2.32. The molecule has 0 spiro atoms. The fourth-order valence-corrected chi connectivity index (χ4v) is 5.01. The molecule has 1 saturated heterocycles. The van der Waals surface area contributed by atoms with Gasteiger partial charge in [-0.2, -0.15) is 5.10 Å². The molecule has 0 radical (unpaired) electrons. The summed E-state index contributed by atoms with van der Waals surface area (Å²) in [6, 6.07) is 10.6. The Labute approximate surface area is 197 Å². The zero-order chi connectivity index (χ0) is 23.0. The molecule has 0 atom stereocenters. The Morgan fingerprint density at radius 1 is 0.970 bits per heavy atom. The second-order valence-corrected chi connectivity index (χ2v) is 10.6. The van der Waals surface area contributed by atoms with Crippen molar-refractivity contribution in [2.75, 3.05) is 24.5 Å². The van der Waals surface area contributed by atoms with Crippen molar-refractivity contribution in [1.82, 2.24) is 24.6 Å². The van der Waals surface area contributed by atoms with E-state index in [2.05, 4.69) is 78.7 Å². The van der Waals surface area contributed by atoms with Crippen molar-refractivity contribution in [3.05, 3.63) is 64.9 Å². The zero-order valence-electron chi connectivity index (χ0n) is 20.5. The first-order chi connectivity index (χ1) is 15.9. The Hall–Kier alpha value is -2.73. The Kier molecular flexibility index (Phi) is 5.95. The third-order valence-electron chi connectivity index (χ3n) is 6.88. The van der Waals surface area contributed by atoms with E-state index in [-0.39, 0.29) is 5.41 Å². The number of rotatable bonds is 4. The average Bonchev–Trinajstić information content (AvgIpc) is 3.15. The highest BCUT2D eigenvalue weighted by Gasteiger charge is 2.27. The molecule has 2 aliphatic rings.